The average Bonchev–Trinajstić information content (AvgIpc) is 3.47. The highest BCUT2D eigenvalue weighted by Gasteiger charge is 2.43. The van der Waals surface area contributed by atoms with Crippen LogP contribution in [-0.2, 0) is 16.1 Å². The van der Waals surface area contributed by atoms with E-state index in [0.29, 0.717) is 29.2 Å². The van der Waals surface area contributed by atoms with Crippen LogP contribution in [0, 0.1) is 6.92 Å². The first-order valence-corrected chi connectivity index (χ1v) is 9.44. The standard InChI is InChI=1S/C21H20N2O7/c1-3-7-23-20(25)19(30-21(23)26)13-10-12(2)18(29-11-15-22-6-9-28-15)17(24)16(13)14-5-4-8-27-14/h4-6,8-10,19,24H,3,7,11H2,1-2H3. The summed E-state index contributed by atoms with van der Waals surface area (Å²) in [4.78, 5) is 30.1. The summed E-state index contributed by atoms with van der Waals surface area (Å²) in [6.07, 6.45) is 3.07. The average molecular weight is 412 g/mol. The van der Waals surface area contributed by atoms with Gasteiger partial charge in [-0.15, -0.1) is 0 Å². The summed E-state index contributed by atoms with van der Waals surface area (Å²) in [6, 6.07) is 4.93. The van der Waals surface area contributed by atoms with Crippen LogP contribution in [0.25, 0.3) is 11.3 Å². The fourth-order valence-corrected chi connectivity index (χ4v) is 3.40. The van der Waals surface area contributed by atoms with Crippen molar-refractivity contribution in [3.63, 3.8) is 0 Å². The molecule has 1 unspecified atom stereocenters. The minimum atomic E-state index is -1.19. The third-order valence-electron chi connectivity index (χ3n) is 4.72. The van der Waals surface area contributed by atoms with Crippen molar-refractivity contribution in [2.45, 2.75) is 33.0 Å². The first-order chi connectivity index (χ1) is 14.5. The number of phenolic OH excluding ortho intramolecular Hbond substituents is 1. The summed E-state index contributed by atoms with van der Waals surface area (Å²) in [7, 11) is 0. The van der Waals surface area contributed by atoms with Crippen LogP contribution >= 0.6 is 0 Å². The van der Waals surface area contributed by atoms with Gasteiger partial charge in [-0.2, -0.15) is 0 Å². The molecule has 9 nitrogen and oxygen atoms in total. The predicted octanol–water partition coefficient (Wildman–Crippen LogP) is 3.96. The lowest BCUT2D eigenvalue weighted by Gasteiger charge is -2.18. The van der Waals surface area contributed by atoms with Crippen molar-refractivity contribution in [1.82, 2.24) is 9.88 Å². The van der Waals surface area contributed by atoms with Gasteiger partial charge in [-0.1, -0.05) is 6.92 Å². The Morgan fingerprint density at radius 2 is 2.10 bits per heavy atom. The van der Waals surface area contributed by atoms with E-state index in [9.17, 15) is 14.7 Å². The number of ether oxygens (including phenoxy) is 2. The molecule has 3 heterocycles. The molecule has 30 heavy (non-hydrogen) atoms. The van der Waals surface area contributed by atoms with Crippen LogP contribution in [0.1, 0.15) is 36.5 Å². The van der Waals surface area contributed by atoms with Crippen molar-refractivity contribution in [3.8, 4) is 22.8 Å². The maximum Gasteiger partial charge on any atom is 0.417 e. The molecule has 1 aliphatic rings. The molecule has 0 spiro atoms. The first kappa shape index (κ1) is 19.6. The zero-order valence-electron chi connectivity index (χ0n) is 16.5. The Bertz CT molecular complexity index is 1060. The Kier molecular flexibility index (Phi) is 5.18. The Hall–Kier alpha value is -3.75. The van der Waals surface area contributed by atoms with Crippen molar-refractivity contribution < 1.29 is 33.0 Å². The molecule has 0 bridgehead atoms. The first-order valence-electron chi connectivity index (χ1n) is 9.44. The Morgan fingerprint density at radius 3 is 2.77 bits per heavy atom. The third-order valence-corrected chi connectivity index (χ3v) is 4.72. The number of imide groups is 1. The summed E-state index contributed by atoms with van der Waals surface area (Å²) in [5, 5.41) is 11.0. The van der Waals surface area contributed by atoms with E-state index in [0.717, 1.165) is 4.90 Å². The highest BCUT2D eigenvalue weighted by molar-refractivity contribution is 6.01. The number of aromatic nitrogens is 1. The van der Waals surface area contributed by atoms with E-state index in [1.54, 1.807) is 25.1 Å². The fourth-order valence-electron chi connectivity index (χ4n) is 3.40. The van der Waals surface area contributed by atoms with Gasteiger partial charge in [-0.25, -0.2) is 14.7 Å². The Balaban J connectivity index is 1.77. The second-order valence-electron chi connectivity index (χ2n) is 6.78. The van der Waals surface area contributed by atoms with Gasteiger partial charge in [0.05, 0.1) is 18.0 Å². The number of carbonyl (C=O) groups excluding carboxylic acids is 2. The van der Waals surface area contributed by atoms with Gasteiger partial charge in [0, 0.05) is 12.1 Å². The van der Waals surface area contributed by atoms with Gasteiger partial charge in [0.1, 0.15) is 12.0 Å². The van der Waals surface area contributed by atoms with Gasteiger partial charge < -0.3 is 23.4 Å². The molecule has 4 rings (SSSR count). The minimum Gasteiger partial charge on any atom is -0.504 e. The largest absolute Gasteiger partial charge is 0.504 e. The summed E-state index contributed by atoms with van der Waals surface area (Å²) in [6.45, 7) is 3.83. The number of aryl methyl sites for hydroxylation is 1. The molecule has 1 saturated heterocycles. The maximum atomic E-state index is 12.8. The summed E-state index contributed by atoms with van der Waals surface area (Å²) in [5.74, 6) is 0.116. The number of nitrogens with zero attached hydrogens (tertiary/aromatic N) is 2. The van der Waals surface area contributed by atoms with Crippen molar-refractivity contribution in [3.05, 3.63) is 53.9 Å². The zero-order chi connectivity index (χ0) is 21.3. The Labute approximate surface area is 171 Å². The number of hydrogen-bond acceptors (Lipinski definition) is 8. The van der Waals surface area contributed by atoms with E-state index < -0.39 is 18.1 Å². The van der Waals surface area contributed by atoms with Crippen LogP contribution < -0.4 is 4.74 Å². The second-order valence-corrected chi connectivity index (χ2v) is 6.78. The summed E-state index contributed by atoms with van der Waals surface area (Å²) < 4.78 is 21.7. The van der Waals surface area contributed by atoms with Gasteiger partial charge in [0.25, 0.3) is 5.91 Å². The van der Waals surface area contributed by atoms with E-state index in [-0.39, 0.29) is 30.2 Å². The zero-order valence-corrected chi connectivity index (χ0v) is 16.5. The van der Waals surface area contributed by atoms with Crippen LogP contribution in [-0.4, -0.2) is 33.5 Å². The quantitative estimate of drug-likeness (QED) is 0.620. The topological polar surface area (TPSA) is 115 Å². The number of amides is 2. The van der Waals surface area contributed by atoms with Gasteiger partial charge in [-0.05, 0) is 37.1 Å². The highest BCUT2D eigenvalue weighted by Crippen LogP contribution is 2.46. The Morgan fingerprint density at radius 1 is 1.27 bits per heavy atom. The van der Waals surface area contributed by atoms with Crippen molar-refractivity contribution >= 4 is 12.0 Å². The number of rotatable bonds is 7. The van der Waals surface area contributed by atoms with E-state index in [4.69, 9.17) is 18.3 Å². The molecule has 3 aromatic rings. The highest BCUT2D eigenvalue weighted by atomic mass is 16.6. The molecular formula is C21H20N2O7. The van der Waals surface area contributed by atoms with Crippen LogP contribution in [0.15, 0.2) is 45.8 Å². The number of carbonyl (C=O) groups is 2. The summed E-state index contributed by atoms with van der Waals surface area (Å²) in [5.41, 5.74) is 1.08. The van der Waals surface area contributed by atoms with Gasteiger partial charge in [0.2, 0.25) is 12.0 Å². The predicted molar refractivity (Wildman–Crippen MR) is 103 cm³/mol. The van der Waals surface area contributed by atoms with Crippen molar-refractivity contribution in [1.29, 1.82) is 0 Å². The van der Waals surface area contributed by atoms with Crippen LogP contribution in [0.4, 0.5) is 4.79 Å². The molecule has 0 aliphatic carbocycles. The minimum absolute atomic E-state index is 0.0000355. The summed E-state index contributed by atoms with van der Waals surface area (Å²) >= 11 is 0. The molecule has 1 N–H and O–H groups in total. The fraction of sp³-hybridized carbons (Fsp3) is 0.286. The lowest BCUT2D eigenvalue weighted by molar-refractivity contribution is -0.129. The van der Waals surface area contributed by atoms with Gasteiger partial charge in [0.15, 0.2) is 18.1 Å². The number of hydrogen-bond donors (Lipinski definition) is 1. The van der Waals surface area contributed by atoms with Crippen molar-refractivity contribution in [2.75, 3.05) is 6.54 Å². The molecular weight excluding hydrogens is 392 g/mol. The smallest absolute Gasteiger partial charge is 0.417 e. The number of benzene rings is 1. The van der Waals surface area contributed by atoms with E-state index in [1.807, 2.05) is 6.92 Å². The molecule has 1 aliphatic heterocycles. The maximum absolute atomic E-state index is 12.8. The normalized spacial score (nSPS) is 16.2. The van der Waals surface area contributed by atoms with Crippen LogP contribution in [0.2, 0.25) is 0 Å². The van der Waals surface area contributed by atoms with Crippen LogP contribution in [0.5, 0.6) is 11.5 Å². The number of cyclic esters (lactones) is 1. The second kappa shape index (κ2) is 7.94. The molecule has 9 heteroatoms. The molecule has 0 saturated carbocycles. The monoisotopic (exact) mass is 412 g/mol. The van der Waals surface area contributed by atoms with Crippen LogP contribution in [0.3, 0.4) is 0 Å². The van der Waals surface area contributed by atoms with Gasteiger partial charge >= 0.3 is 6.09 Å². The number of oxazole rings is 1. The molecule has 0 radical (unpaired) electrons. The van der Waals surface area contributed by atoms with Crippen molar-refractivity contribution in [2.24, 2.45) is 0 Å². The number of phenols is 1. The molecule has 1 fully saturated rings. The molecule has 2 amide bonds. The number of furan rings is 1. The van der Waals surface area contributed by atoms with E-state index in [2.05, 4.69) is 4.98 Å². The molecule has 1 aromatic carbocycles. The van der Waals surface area contributed by atoms with E-state index >= 15 is 0 Å². The third kappa shape index (κ3) is 3.38. The lowest BCUT2D eigenvalue weighted by Crippen LogP contribution is -2.30. The number of aromatic hydroxyl groups is 1. The molecule has 2 aromatic heterocycles. The lowest BCUT2D eigenvalue weighted by atomic mass is 9.95. The van der Waals surface area contributed by atoms with Gasteiger partial charge in [-0.3, -0.25) is 4.79 Å². The SMILES string of the molecule is CCCN1C(=O)OC(c2cc(C)c(OCc3ncco3)c(O)c2-c2ccco2)C1=O. The molecule has 156 valence electrons. The molecule has 1 atom stereocenters. The van der Waals surface area contributed by atoms with E-state index in [1.165, 1.54) is 18.7 Å².